The number of hydrogen-bond acceptors (Lipinski definition) is 3. The number of para-hydroxylation sites is 1. The van der Waals surface area contributed by atoms with Gasteiger partial charge in [0.05, 0.1) is 5.56 Å². The molecule has 0 fully saturated rings. The zero-order chi connectivity index (χ0) is 16.4. The van der Waals surface area contributed by atoms with Crippen molar-refractivity contribution in [3.8, 4) is 0 Å². The van der Waals surface area contributed by atoms with Crippen molar-refractivity contribution in [2.24, 2.45) is 7.05 Å². The third-order valence-electron chi connectivity index (χ3n) is 3.49. The lowest BCUT2D eigenvalue weighted by molar-refractivity contribution is 0.0847. The Bertz CT molecular complexity index is 955. The van der Waals surface area contributed by atoms with Crippen molar-refractivity contribution in [3.63, 3.8) is 0 Å². The second-order valence-electron chi connectivity index (χ2n) is 5.02. The number of hydrazine groups is 1. The fraction of sp³-hybridized carbons (Fsp3) is 0.0625. The van der Waals surface area contributed by atoms with Gasteiger partial charge in [-0.25, -0.2) is 0 Å². The first-order chi connectivity index (χ1) is 11.1. The Balaban J connectivity index is 1.72. The Morgan fingerprint density at radius 2 is 1.83 bits per heavy atom. The maximum atomic E-state index is 12.2. The number of carbonyl (C=O) groups is 2. The van der Waals surface area contributed by atoms with Gasteiger partial charge in [-0.05, 0) is 12.1 Å². The van der Waals surface area contributed by atoms with E-state index in [9.17, 15) is 14.4 Å². The van der Waals surface area contributed by atoms with Crippen LogP contribution >= 0.6 is 0 Å². The van der Waals surface area contributed by atoms with Gasteiger partial charge in [-0.2, -0.15) is 0 Å². The summed E-state index contributed by atoms with van der Waals surface area (Å²) >= 11 is 0. The van der Waals surface area contributed by atoms with Crippen LogP contribution < -0.4 is 16.4 Å². The number of aryl methyl sites for hydroxylation is 1. The standard InChI is InChI=1S/C16H14N4O3/c1-20-7-6-10(8-14(20)21)15(22)18-19-16(23)12-9-17-13-5-3-2-4-11(12)13/h2-9,17H,1H3,(H,18,22)(H,19,23). The molecule has 0 spiro atoms. The number of nitrogens with zero attached hydrogens (tertiary/aromatic N) is 1. The first-order valence-corrected chi connectivity index (χ1v) is 6.90. The number of amides is 2. The molecule has 0 atom stereocenters. The fourth-order valence-corrected chi connectivity index (χ4v) is 2.20. The van der Waals surface area contributed by atoms with Crippen LogP contribution in [0.4, 0.5) is 0 Å². The maximum absolute atomic E-state index is 12.2. The van der Waals surface area contributed by atoms with Crippen molar-refractivity contribution in [3.05, 3.63) is 70.3 Å². The average molecular weight is 310 g/mol. The quantitative estimate of drug-likeness (QED) is 0.615. The number of benzene rings is 1. The van der Waals surface area contributed by atoms with Gasteiger partial charge in [0.2, 0.25) is 0 Å². The minimum Gasteiger partial charge on any atom is -0.360 e. The van der Waals surface area contributed by atoms with Gasteiger partial charge in [-0.15, -0.1) is 0 Å². The number of pyridine rings is 1. The summed E-state index contributed by atoms with van der Waals surface area (Å²) < 4.78 is 1.35. The van der Waals surface area contributed by atoms with E-state index in [0.717, 1.165) is 10.9 Å². The van der Waals surface area contributed by atoms with Crippen molar-refractivity contribution >= 4 is 22.7 Å². The molecule has 0 bridgehead atoms. The fourth-order valence-electron chi connectivity index (χ4n) is 2.20. The maximum Gasteiger partial charge on any atom is 0.271 e. The average Bonchev–Trinajstić information content (AvgIpc) is 2.99. The lowest BCUT2D eigenvalue weighted by Crippen LogP contribution is -2.42. The number of rotatable bonds is 2. The number of aromatic amines is 1. The number of carbonyl (C=O) groups excluding carboxylic acids is 2. The molecule has 0 unspecified atom stereocenters. The van der Waals surface area contributed by atoms with Crippen LogP contribution in [0.15, 0.2) is 53.6 Å². The third kappa shape index (κ3) is 2.84. The largest absolute Gasteiger partial charge is 0.360 e. The molecule has 1 aromatic carbocycles. The first kappa shape index (κ1) is 14.6. The summed E-state index contributed by atoms with van der Waals surface area (Å²) in [5, 5.41) is 0.757. The Kier molecular flexibility index (Phi) is 3.68. The molecule has 2 amide bonds. The Labute approximate surface area is 130 Å². The number of aromatic nitrogens is 2. The normalized spacial score (nSPS) is 10.5. The molecule has 3 aromatic rings. The topological polar surface area (TPSA) is 96.0 Å². The molecular weight excluding hydrogens is 296 g/mol. The SMILES string of the molecule is Cn1ccc(C(=O)NNC(=O)c2c[nH]c3ccccc23)cc1=O. The van der Waals surface area contributed by atoms with Crippen molar-refractivity contribution in [1.82, 2.24) is 20.4 Å². The van der Waals surface area contributed by atoms with Crippen LogP contribution in [0.1, 0.15) is 20.7 Å². The van der Waals surface area contributed by atoms with E-state index in [2.05, 4.69) is 15.8 Å². The monoisotopic (exact) mass is 310 g/mol. The van der Waals surface area contributed by atoms with E-state index in [-0.39, 0.29) is 11.1 Å². The molecular formula is C16H14N4O3. The molecule has 3 rings (SSSR count). The van der Waals surface area contributed by atoms with E-state index in [0.29, 0.717) is 5.56 Å². The van der Waals surface area contributed by atoms with Crippen LogP contribution in [0.5, 0.6) is 0 Å². The third-order valence-corrected chi connectivity index (χ3v) is 3.49. The Hall–Kier alpha value is -3.35. The van der Waals surface area contributed by atoms with E-state index in [1.165, 1.54) is 22.9 Å². The summed E-state index contributed by atoms with van der Waals surface area (Å²) in [6, 6.07) is 10.0. The Morgan fingerprint density at radius 1 is 1.09 bits per heavy atom. The molecule has 0 aliphatic heterocycles. The summed E-state index contributed by atoms with van der Waals surface area (Å²) in [5.41, 5.74) is 5.76. The summed E-state index contributed by atoms with van der Waals surface area (Å²) in [5.74, 6) is -1.00. The predicted molar refractivity (Wildman–Crippen MR) is 84.9 cm³/mol. The van der Waals surface area contributed by atoms with Gasteiger partial charge < -0.3 is 9.55 Å². The van der Waals surface area contributed by atoms with Crippen LogP contribution in [0.3, 0.4) is 0 Å². The predicted octanol–water partition coefficient (Wildman–Crippen LogP) is 0.941. The van der Waals surface area contributed by atoms with Crippen molar-refractivity contribution in [2.45, 2.75) is 0 Å². The summed E-state index contributed by atoms with van der Waals surface area (Å²) in [6.07, 6.45) is 3.06. The molecule has 2 aromatic heterocycles. The second-order valence-corrected chi connectivity index (χ2v) is 5.02. The highest BCUT2D eigenvalue weighted by Gasteiger charge is 2.13. The highest BCUT2D eigenvalue weighted by Crippen LogP contribution is 2.17. The van der Waals surface area contributed by atoms with Crippen LogP contribution in [-0.4, -0.2) is 21.4 Å². The van der Waals surface area contributed by atoms with Gasteiger partial charge in [-0.1, -0.05) is 18.2 Å². The zero-order valence-corrected chi connectivity index (χ0v) is 12.3. The van der Waals surface area contributed by atoms with E-state index in [1.807, 2.05) is 24.3 Å². The van der Waals surface area contributed by atoms with Crippen molar-refractivity contribution in [1.29, 1.82) is 0 Å². The lowest BCUT2D eigenvalue weighted by Gasteiger charge is -2.07. The smallest absolute Gasteiger partial charge is 0.271 e. The van der Waals surface area contributed by atoms with Gasteiger partial charge in [-0.3, -0.25) is 25.2 Å². The van der Waals surface area contributed by atoms with E-state index in [1.54, 1.807) is 13.2 Å². The van der Waals surface area contributed by atoms with Crippen molar-refractivity contribution < 1.29 is 9.59 Å². The molecule has 2 heterocycles. The minimum absolute atomic E-state index is 0.173. The molecule has 23 heavy (non-hydrogen) atoms. The Morgan fingerprint density at radius 3 is 2.61 bits per heavy atom. The van der Waals surface area contributed by atoms with Crippen LogP contribution in [0, 0.1) is 0 Å². The van der Waals surface area contributed by atoms with Crippen molar-refractivity contribution in [2.75, 3.05) is 0 Å². The number of fused-ring (bicyclic) bond motifs is 1. The van der Waals surface area contributed by atoms with Crippen LogP contribution in [-0.2, 0) is 7.05 Å². The summed E-state index contributed by atoms with van der Waals surface area (Å²) in [6.45, 7) is 0. The van der Waals surface area contributed by atoms with Crippen LogP contribution in [0.25, 0.3) is 10.9 Å². The highest BCUT2D eigenvalue weighted by molar-refractivity contribution is 6.07. The lowest BCUT2D eigenvalue weighted by atomic mass is 10.2. The molecule has 0 saturated carbocycles. The summed E-state index contributed by atoms with van der Waals surface area (Å²) in [7, 11) is 1.59. The molecule has 116 valence electrons. The van der Waals surface area contributed by atoms with Crippen LogP contribution in [0.2, 0.25) is 0 Å². The molecule has 0 saturated heterocycles. The summed E-state index contributed by atoms with van der Waals surface area (Å²) in [4.78, 5) is 38.6. The minimum atomic E-state index is -0.559. The molecule has 7 nitrogen and oxygen atoms in total. The molecule has 0 radical (unpaired) electrons. The van der Waals surface area contributed by atoms with Gasteiger partial charge in [0.1, 0.15) is 0 Å². The van der Waals surface area contributed by atoms with Gasteiger partial charge in [0.25, 0.3) is 17.4 Å². The number of H-pyrrole nitrogens is 1. The van der Waals surface area contributed by atoms with Gasteiger partial charge >= 0.3 is 0 Å². The molecule has 0 aliphatic carbocycles. The number of hydrogen-bond donors (Lipinski definition) is 3. The first-order valence-electron chi connectivity index (χ1n) is 6.90. The van der Waals surface area contributed by atoms with Gasteiger partial charge in [0, 0.05) is 42.0 Å². The molecule has 0 aliphatic rings. The second kappa shape index (κ2) is 5.80. The molecule has 3 N–H and O–H groups in total. The van der Waals surface area contributed by atoms with E-state index >= 15 is 0 Å². The van der Waals surface area contributed by atoms with Gasteiger partial charge in [0.15, 0.2) is 0 Å². The number of nitrogens with one attached hydrogen (secondary N) is 3. The molecule has 7 heteroatoms. The highest BCUT2D eigenvalue weighted by atomic mass is 16.2. The van der Waals surface area contributed by atoms with E-state index in [4.69, 9.17) is 0 Å². The van der Waals surface area contributed by atoms with E-state index < -0.39 is 11.8 Å². The zero-order valence-electron chi connectivity index (χ0n) is 12.3.